The minimum absolute atomic E-state index is 0.296. The molecule has 1 aliphatic rings. The van der Waals surface area contributed by atoms with Gasteiger partial charge >= 0.3 is 5.69 Å². The lowest BCUT2D eigenvalue weighted by Crippen LogP contribution is -2.43. The van der Waals surface area contributed by atoms with Crippen molar-refractivity contribution in [3.63, 3.8) is 0 Å². The molecule has 0 radical (unpaired) electrons. The molecule has 0 atom stereocenters. The monoisotopic (exact) mass is 238 g/mol. The van der Waals surface area contributed by atoms with Crippen LogP contribution in [0.15, 0.2) is 9.59 Å². The van der Waals surface area contributed by atoms with Crippen molar-refractivity contribution in [3.8, 4) is 0 Å². The summed E-state index contributed by atoms with van der Waals surface area (Å²) < 4.78 is 2.34. The molecular formula is C11H18N4O2. The third kappa shape index (κ3) is 2.25. The third-order valence-corrected chi connectivity index (χ3v) is 3.21. The van der Waals surface area contributed by atoms with Crippen LogP contribution in [0.5, 0.6) is 0 Å². The van der Waals surface area contributed by atoms with Crippen molar-refractivity contribution in [1.82, 2.24) is 14.3 Å². The minimum Gasteiger partial charge on any atom is -0.351 e. The van der Waals surface area contributed by atoms with E-state index in [9.17, 15) is 9.59 Å². The first kappa shape index (κ1) is 11.9. The van der Waals surface area contributed by atoms with Gasteiger partial charge in [-0.15, -0.1) is 5.10 Å². The summed E-state index contributed by atoms with van der Waals surface area (Å²) in [7, 11) is 3.07. The Bertz CT molecular complexity index is 509. The molecule has 0 aliphatic carbocycles. The molecule has 1 aromatic heterocycles. The Labute approximate surface area is 99.5 Å². The van der Waals surface area contributed by atoms with Crippen LogP contribution in [0.3, 0.4) is 0 Å². The van der Waals surface area contributed by atoms with Crippen LogP contribution in [-0.4, -0.2) is 27.4 Å². The van der Waals surface area contributed by atoms with Crippen LogP contribution in [-0.2, 0) is 14.1 Å². The van der Waals surface area contributed by atoms with E-state index < -0.39 is 0 Å². The van der Waals surface area contributed by atoms with Gasteiger partial charge in [0.05, 0.1) is 0 Å². The first-order valence-electron chi connectivity index (χ1n) is 6.00. The van der Waals surface area contributed by atoms with Crippen LogP contribution < -0.4 is 16.1 Å². The summed E-state index contributed by atoms with van der Waals surface area (Å²) in [5, 5.41) is 4.10. The zero-order chi connectivity index (χ0) is 12.4. The molecule has 17 heavy (non-hydrogen) atoms. The van der Waals surface area contributed by atoms with Gasteiger partial charge < -0.3 is 4.90 Å². The molecule has 0 saturated carbocycles. The van der Waals surface area contributed by atoms with Crippen LogP contribution in [0.2, 0.25) is 0 Å². The zero-order valence-electron chi connectivity index (χ0n) is 10.3. The van der Waals surface area contributed by atoms with Gasteiger partial charge in [0.2, 0.25) is 5.82 Å². The van der Waals surface area contributed by atoms with E-state index in [1.807, 2.05) is 4.90 Å². The van der Waals surface area contributed by atoms with Gasteiger partial charge in [-0.3, -0.25) is 9.36 Å². The first-order valence-corrected chi connectivity index (χ1v) is 6.00. The molecule has 1 aromatic rings. The topological polar surface area (TPSA) is 60.1 Å². The fraction of sp³-hybridized carbons (Fsp3) is 0.727. The van der Waals surface area contributed by atoms with Gasteiger partial charge in [0, 0.05) is 27.2 Å². The Balaban J connectivity index is 2.44. The zero-order valence-corrected chi connectivity index (χ0v) is 10.3. The lowest BCUT2D eigenvalue weighted by Gasteiger charge is -2.20. The van der Waals surface area contributed by atoms with Crippen LogP contribution in [0.25, 0.3) is 0 Å². The fourth-order valence-electron chi connectivity index (χ4n) is 2.16. The van der Waals surface area contributed by atoms with E-state index >= 15 is 0 Å². The predicted octanol–water partition coefficient (Wildman–Crippen LogP) is -0.141. The van der Waals surface area contributed by atoms with Gasteiger partial charge in [0.25, 0.3) is 5.56 Å². The molecular weight excluding hydrogens is 220 g/mol. The Morgan fingerprint density at radius 3 is 2.18 bits per heavy atom. The Kier molecular flexibility index (Phi) is 3.31. The highest BCUT2D eigenvalue weighted by Gasteiger charge is 2.17. The van der Waals surface area contributed by atoms with Crippen LogP contribution in [0, 0.1) is 0 Å². The summed E-state index contributed by atoms with van der Waals surface area (Å²) >= 11 is 0. The fourth-order valence-corrected chi connectivity index (χ4v) is 2.16. The largest absolute Gasteiger partial charge is 0.351 e. The SMILES string of the molecule is Cn1nc(N2CCCCCC2)c(=O)n(C)c1=O. The van der Waals surface area contributed by atoms with Gasteiger partial charge in [0.1, 0.15) is 0 Å². The van der Waals surface area contributed by atoms with Gasteiger partial charge in [0.15, 0.2) is 0 Å². The molecule has 2 heterocycles. The van der Waals surface area contributed by atoms with Crippen molar-refractivity contribution < 1.29 is 0 Å². The maximum atomic E-state index is 12.0. The van der Waals surface area contributed by atoms with Gasteiger partial charge in [-0.2, -0.15) is 0 Å². The average Bonchev–Trinajstić information content (AvgIpc) is 2.60. The van der Waals surface area contributed by atoms with Crippen molar-refractivity contribution in [2.45, 2.75) is 25.7 Å². The summed E-state index contributed by atoms with van der Waals surface area (Å²) in [5.74, 6) is 0.400. The highest BCUT2D eigenvalue weighted by atomic mass is 16.2. The maximum Gasteiger partial charge on any atom is 0.346 e. The minimum atomic E-state index is -0.381. The molecule has 6 nitrogen and oxygen atoms in total. The second-order valence-corrected chi connectivity index (χ2v) is 4.50. The Hall–Kier alpha value is -1.59. The van der Waals surface area contributed by atoms with E-state index in [-0.39, 0.29) is 11.2 Å². The van der Waals surface area contributed by atoms with Gasteiger partial charge in [-0.1, -0.05) is 12.8 Å². The second kappa shape index (κ2) is 4.73. The molecule has 2 rings (SSSR count). The normalized spacial score (nSPS) is 16.9. The lowest BCUT2D eigenvalue weighted by atomic mass is 10.2. The second-order valence-electron chi connectivity index (χ2n) is 4.50. The molecule has 94 valence electrons. The number of rotatable bonds is 1. The van der Waals surface area contributed by atoms with Crippen molar-refractivity contribution >= 4 is 5.82 Å². The molecule has 1 saturated heterocycles. The summed E-state index contributed by atoms with van der Waals surface area (Å²) in [5.41, 5.74) is -0.677. The predicted molar refractivity (Wildman–Crippen MR) is 65.4 cm³/mol. The smallest absolute Gasteiger partial charge is 0.346 e. The highest BCUT2D eigenvalue weighted by molar-refractivity contribution is 5.34. The molecule has 6 heteroatoms. The maximum absolute atomic E-state index is 12.0. The number of anilines is 1. The van der Waals surface area contributed by atoms with Crippen molar-refractivity contribution in [1.29, 1.82) is 0 Å². The van der Waals surface area contributed by atoms with Gasteiger partial charge in [-0.05, 0) is 12.8 Å². The summed E-state index contributed by atoms with van der Waals surface area (Å²) in [6.45, 7) is 1.70. The highest BCUT2D eigenvalue weighted by Crippen LogP contribution is 2.13. The molecule has 0 N–H and O–H groups in total. The first-order chi connectivity index (χ1) is 8.11. The molecule has 1 fully saturated rings. The number of aromatic nitrogens is 3. The average molecular weight is 238 g/mol. The van der Waals surface area contributed by atoms with E-state index in [1.165, 1.54) is 24.6 Å². The van der Waals surface area contributed by atoms with E-state index in [4.69, 9.17) is 0 Å². The van der Waals surface area contributed by atoms with Crippen molar-refractivity contribution in [2.75, 3.05) is 18.0 Å². The molecule has 0 aromatic carbocycles. The van der Waals surface area contributed by atoms with E-state index in [0.717, 1.165) is 30.5 Å². The third-order valence-electron chi connectivity index (χ3n) is 3.21. The molecule has 0 amide bonds. The van der Waals surface area contributed by atoms with E-state index in [1.54, 1.807) is 7.05 Å². The molecule has 0 bridgehead atoms. The Morgan fingerprint density at radius 1 is 1.00 bits per heavy atom. The standard InChI is InChI=1S/C11H18N4O2/c1-13-10(16)9(12-14(2)11(13)17)15-7-5-3-4-6-8-15/h3-8H2,1-2H3. The van der Waals surface area contributed by atoms with Crippen molar-refractivity contribution in [3.05, 3.63) is 20.8 Å². The molecule has 0 spiro atoms. The number of aryl methyl sites for hydroxylation is 1. The molecule has 1 aliphatic heterocycles. The Morgan fingerprint density at radius 2 is 1.59 bits per heavy atom. The van der Waals surface area contributed by atoms with E-state index in [2.05, 4.69) is 5.10 Å². The number of hydrogen-bond donors (Lipinski definition) is 0. The van der Waals surface area contributed by atoms with Gasteiger partial charge in [-0.25, -0.2) is 9.48 Å². The number of hydrogen-bond acceptors (Lipinski definition) is 4. The van der Waals surface area contributed by atoms with Crippen LogP contribution >= 0.6 is 0 Å². The lowest BCUT2D eigenvalue weighted by molar-refractivity contribution is 0.587. The van der Waals surface area contributed by atoms with Crippen LogP contribution in [0.1, 0.15) is 25.7 Å². The molecule has 0 unspecified atom stereocenters. The van der Waals surface area contributed by atoms with Crippen LogP contribution in [0.4, 0.5) is 5.82 Å². The summed E-state index contributed by atoms with van der Waals surface area (Å²) in [4.78, 5) is 25.5. The summed E-state index contributed by atoms with van der Waals surface area (Å²) in [6.07, 6.45) is 4.55. The number of nitrogens with zero attached hydrogens (tertiary/aromatic N) is 4. The van der Waals surface area contributed by atoms with E-state index in [0.29, 0.717) is 5.82 Å². The van der Waals surface area contributed by atoms with Crippen molar-refractivity contribution in [2.24, 2.45) is 14.1 Å². The quantitative estimate of drug-likeness (QED) is 0.683. The summed E-state index contributed by atoms with van der Waals surface area (Å²) in [6, 6.07) is 0.